The van der Waals surface area contributed by atoms with Crippen LogP contribution in [-0.2, 0) is 9.59 Å². The van der Waals surface area contributed by atoms with Gasteiger partial charge in [-0.15, -0.1) is 5.10 Å². The number of carboxylic acid groups (broad SMARTS) is 1. The fourth-order valence-electron chi connectivity index (χ4n) is 5.86. The number of hydrogen-bond donors (Lipinski definition) is 6. The molecule has 2 aliphatic rings. The van der Waals surface area contributed by atoms with Crippen molar-refractivity contribution in [2.24, 2.45) is 5.73 Å². The number of nitrogens with zero attached hydrogens (tertiary/aromatic N) is 5. The molecule has 3 heterocycles. The summed E-state index contributed by atoms with van der Waals surface area (Å²) in [6, 6.07) is 7.55. The van der Waals surface area contributed by atoms with Crippen LogP contribution >= 0.6 is 18.2 Å². The molecule has 2 fully saturated rings. The molecule has 2 aliphatic heterocycles. The summed E-state index contributed by atoms with van der Waals surface area (Å²) in [4.78, 5) is 20.8. The number of amides is 1. The maximum absolute atomic E-state index is 11.0. The molecule has 18 heteroatoms. The van der Waals surface area contributed by atoms with Crippen molar-refractivity contribution < 1.29 is 35.8 Å². The van der Waals surface area contributed by atoms with Gasteiger partial charge in [-0.25, -0.2) is 0 Å². The number of hydrogen-bond acceptors (Lipinski definition) is 10. The number of rotatable bonds is 1. The van der Waals surface area contributed by atoms with Crippen molar-refractivity contribution in [3.8, 4) is 0 Å². The molecule has 2 aromatic rings. The van der Waals surface area contributed by atoms with E-state index in [1.165, 1.54) is 17.1 Å². The van der Waals surface area contributed by atoms with Crippen molar-refractivity contribution in [1.29, 1.82) is 2.67 Å². The van der Waals surface area contributed by atoms with Crippen LogP contribution in [0.1, 0.15) is 109 Å². The molecule has 1 amide bonds. The van der Waals surface area contributed by atoms with Crippen LogP contribution in [0.4, 0.5) is 0 Å². The average molecular weight is 754 g/mol. The summed E-state index contributed by atoms with van der Waals surface area (Å²) >= 11 is 0. The van der Waals surface area contributed by atoms with Crippen LogP contribution in [0.15, 0.2) is 24.3 Å². The van der Waals surface area contributed by atoms with Crippen molar-refractivity contribution in [3.63, 3.8) is 0 Å². The van der Waals surface area contributed by atoms with E-state index in [0.717, 1.165) is 37.5 Å². The Morgan fingerprint density at radius 3 is 1.50 bits per heavy atom. The number of fused-ring (bicyclic) bond motifs is 1. The molecule has 4 rings (SSSR count). The number of benzene rings is 1. The lowest BCUT2D eigenvalue weighted by molar-refractivity contribution is -0.246. The monoisotopic (exact) mass is 754 g/mol. The predicted octanol–water partition coefficient (Wildman–Crippen LogP) is 4.37. The second-order valence-electron chi connectivity index (χ2n) is 14.0. The number of nitrogens with two attached hydrogens (primary N) is 1. The number of nitrogens with one attached hydrogen (secondary N) is 1. The van der Waals surface area contributed by atoms with Gasteiger partial charge >= 0.3 is 0 Å². The minimum Gasteiger partial charge on any atom is -0.481 e. The first kappa shape index (κ1) is 50.2. The van der Waals surface area contributed by atoms with Crippen LogP contribution in [0, 0.1) is 0 Å². The van der Waals surface area contributed by atoms with E-state index in [1.807, 2.05) is 81.4 Å². The average Bonchev–Trinajstić information content (AvgIpc) is 3.31. The van der Waals surface area contributed by atoms with Crippen molar-refractivity contribution in [1.82, 2.24) is 30.6 Å². The van der Waals surface area contributed by atoms with Gasteiger partial charge < -0.3 is 37.3 Å². The molecule has 0 aliphatic carbocycles. The number of hydroxylamine groups is 4. The number of carboxylic acids is 1. The molecule has 2 atom stereocenters. The molecule has 292 valence electrons. The van der Waals surface area contributed by atoms with Gasteiger partial charge in [0.25, 0.3) is 5.97 Å². The standard InChI is InChI=1S/C11H22N2O2.C9H20N2O.C6H5N3O.C2H4O2.C2H6.2CH6BP.H2O/c1-8(14)12-9-6-10(2,3)13(15)11(4,5)7-9;1-8(2)5-7(10)6-9(3,4)11(8)12;10-9-6-4-2-1-3-5(6)7-8-9;1-2(3)4;1-2;2*1-2-3;/h9,15H,6-7H2,1-5H3,(H,12,14);7,12H,5-6,10H2,1-4H3;1-4,10H;1H3,(H,3,4);1-2H3;2*2H,3H2,1H3;1H2/i;;;;;2*2T;. The third-order valence-corrected chi connectivity index (χ3v) is 7.05. The van der Waals surface area contributed by atoms with Crippen molar-refractivity contribution in [2.45, 2.75) is 157 Å². The number of carbonyl (C=O) groups excluding carboxylic acids is 1. The Kier molecular flexibility index (Phi) is 26.1. The van der Waals surface area contributed by atoms with Crippen LogP contribution in [0.3, 0.4) is 0 Å². The summed E-state index contributed by atoms with van der Waals surface area (Å²) in [6.45, 7) is 26.3. The topological polar surface area (TPSA) is 222 Å². The molecule has 50 heavy (non-hydrogen) atoms. The second-order valence-corrected chi connectivity index (χ2v) is 15.3. The molecule has 0 saturated carbocycles. The van der Waals surface area contributed by atoms with E-state index in [2.05, 4.69) is 33.9 Å². The minimum absolute atomic E-state index is 0. The summed E-state index contributed by atoms with van der Waals surface area (Å²) in [7, 11) is 4.65. The van der Waals surface area contributed by atoms with Gasteiger partial charge in [0.05, 0.1) is 0 Å². The fourth-order valence-corrected chi connectivity index (χ4v) is 5.86. The van der Waals surface area contributed by atoms with Crippen molar-refractivity contribution in [3.05, 3.63) is 24.3 Å². The first-order valence-electron chi connectivity index (χ1n) is 17.7. The Bertz CT molecular complexity index is 1230. The maximum atomic E-state index is 11.0. The minimum atomic E-state index is -0.833. The molecule has 0 radical (unpaired) electrons. The quantitative estimate of drug-likeness (QED) is 0.136. The van der Waals surface area contributed by atoms with Crippen LogP contribution in [0.2, 0.25) is 13.6 Å². The van der Waals surface area contributed by atoms with Crippen molar-refractivity contribution in [2.75, 3.05) is 0 Å². The predicted molar refractivity (Wildman–Crippen MR) is 216 cm³/mol. The summed E-state index contributed by atoms with van der Waals surface area (Å²) in [5, 5.41) is 49.2. The zero-order chi connectivity index (χ0) is 41.1. The lowest BCUT2D eigenvalue weighted by atomic mass is 9.79. The molecule has 1 aromatic heterocycles. The second kappa shape index (κ2) is 26.0. The Morgan fingerprint density at radius 2 is 1.18 bits per heavy atom. The molecule has 9 N–H and O–H groups in total. The number of piperidine rings is 2. The van der Waals surface area contributed by atoms with E-state index in [0.29, 0.717) is 11.0 Å². The van der Waals surface area contributed by atoms with Crippen LogP contribution in [0.25, 0.3) is 11.0 Å². The molecule has 1 aromatic carbocycles. The van der Waals surface area contributed by atoms with Crippen LogP contribution in [-0.4, -0.2) is 114 Å². The number of carbonyl (C=O) groups is 2. The van der Waals surface area contributed by atoms with E-state index in [1.54, 1.807) is 25.8 Å². The highest BCUT2D eigenvalue weighted by Gasteiger charge is 2.45. The normalized spacial score (nSPS) is 19.0. The number of para-hydroxylation sites is 1. The smallest absolute Gasteiger partial charge is 0.300 e. The van der Waals surface area contributed by atoms with Gasteiger partial charge in [-0.2, -0.15) is 28.4 Å². The molecule has 2 saturated heterocycles. The third kappa shape index (κ3) is 21.5. The fraction of sp³-hybridized carbons (Fsp3) is 0.750. The third-order valence-electron chi connectivity index (χ3n) is 7.05. The zero-order valence-electron chi connectivity index (χ0n) is 35.0. The van der Waals surface area contributed by atoms with E-state index >= 15 is 0 Å². The molecule has 0 bridgehead atoms. The van der Waals surface area contributed by atoms with E-state index < -0.39 is 5.97 Å². The molecular formula is C32H71B2N7O7P2. The van der Waals surface area contributed by atoms with Gasteiger partial charge in [0.15, 0.2) is 0 Å². The van der Waals surface area contributed by atoms with Crippen molar-refractivity contribution >= 4 is 55.1 Å². The van der Waals surface area contributed by atoms with Crippen LogP contribution < -0.4 is 11.1 Å². The molecule has 14 nitrogen and oxygen atoms in total. The van der Waals surface area contributed by atoms with Gasteiger partial charge in [-0.05, 0) is 101 Å². The van der Waals surface area contributed by atoms with E-state index in [9.17, 15) is 15.2 Å². The van der Waals surface area contributed by atoms with E-state index in [4.69, 9.17) is 23.5 Å². The Hall–Kier alpha value is -1.89. The summed E-state index contributed by atoms with van der Waals surface area (Å²) in [5.74, 6) is -0.835. The first-order valence-corrected chi connectivity index (χ1v) is 17.9. The number of aromatic nitrogens is 3. The van der Waals surface area contributed by atoms with Gasteiger partial charge in [-0.3, -0.25) is 9.59 Å². The highest BCUT2D eigenvalue weighted by molar-refractivity contribution is 7.55. The molecule has 0 spiro atoms. The highest BCUT2D eigenvalue weighted by atomic mass is 31.0. The van der Waals surface area contributed by atoms with Gasteiger partial charge in [0, 0.05) is 48.1 Å². The van der Waals surface area contributed by atoms with E-state index in [-0.39, 0.29) is 59.5 Å². The summed E-state index contributed by atoms with van der Waals surface area (Å²) in [5.41, 5.74) is 6.26. The largest absolute Gasteiger partial charge is 0.481 e. The van der Waals surface area contributed by atoms with Gasteiger partial charge in [0.2, 0.25) is 5.91 Å². The first-order chi connectivity index (χ1) is 23.0. The highest BCUT2D eigenvalue weighted by Crippen LogP contribution is 2.37. The van der Waals surface area contributed by atoms with Gasteiger partial charge in [0.1, 0.15) is 25.0 Å². The zero-order valence-corrected chi connectivity index (χ0v) is 35.3. The van der Waals surface area contributed by atoms with Crippen LogP contribution in [0.5, 0.6) is 0 Å². The van der Waals surface area contributed by atoms with Gasteiger partial charge in [-0.1, -0.05) is 44.5 Å². The Morgan fingerprint density at radius 1 is 0.860 bits per heavy atom. The SMILES string of the molecule is CC.CC(=O)NC1CC(C)(C)N(O)C(C)(C)C1.CC(=O)O.CC1(C)CC(N)CC(C)(C)N1O.O.On1nnc2ccccc21.[3H]B(C)P.[3H]B(C)P. The molecular weight excluding hydrogens is 678 g/mol. The Labute approximate surface area is 310 Å². The Balaban J connectivity index is -0.000000282. The summed E-state index contributed by atoms with van der Waals surface area (Å²) in [6.07, 6.45) is 3.25. The lowest BCUT2D eigenvalue weighted by Gasteiger charge is -2.51. The molecule has 2 unspecified atom stereocenters. The maximum Gasteiger partial charge on any atom is 0.300 e. The lowest BCUT2D eigenvalue weighted by Crippen LogP contribution is -2.62. The number of aliphatic carboxylic acids is 1. The summed E-state index contributed by atoms with van der Waals surface area (Å²) < 4.78 is 13.1.